The number of nitrogens with one attached hydrogen (secondary N) is 1. The summed E-state index contributed by atoms with van der Waals surface area (Å²) in [4.78, 5) is 0. The van der Waals surface area contributed by atoms with Crippen molar-refractivity contribution in [1.82, 2.24) is 0 Å². The van der Waals surface area contributed by atoms with Gasteiger partial charge in [0.05, 0.1) is 0 Å². The van der Waals surface area contributed by atoms with Crippen molar-refractivity contribution in [3.05, 3.63) is 23.8 Å². The molecule has 1 aromatic rings. The minimum Gasteiger partial charge on any atom is -0.399 e. The Kier molecular flexibility index (Phi) is 4.88. The molecule has 0 aromatic heterocycles. The van der Waals surface area contributed by atoms with Gasteiger partial charge in [-0.3, -0.25) is 0 Å². The third-order valence-electron chi connectivity index (χ3n) is 1.56. The predicted octanol–water partition coefficient (Wildman–Crippen LogP) is 1.19. The Hall–Kier alpha value is -1.22. The van der Waals surface area contributed by atoms with E-state index in [0.29, 0.717) is 0 Å². The minimum absolute atomic E-state index is 0.846. The number of rotatable bonds is 1. The first-order chi connectivity index (χ1) is 5.74. The maximum Gasteiger partial charge on any atom is 0.0345 e. The molecule has 0 heterocycles. The molecule has 1 rings (SSSR count). The van der Waals surface area contributed by atoms with Crippen LogP contribution in [0, 0.1) is 6.92 Å². The Labute approximate surface area is 73.8 Å². The molecule has 0 amide bonds. The van der Waals surface area contributed by atoms with Crippen molar-refractivity contribution in [2.24, 2.45) is 5.73 Å². The molecule has 0 saturated heterocycles. The molecule has 12 heavy (non-hydrogen) atoms. The molecule has 0 atom stereocenters. The van der Waals surface area contributed by atoms with Gasteiger partial charge in [-0.1, -0.05) is 0 Å². The zero-order valence-electron chi connectivity index (χ0n) is 7.89. The second kappa shape index (κ2) is 5.43. The fraction of sp³-hybridized carbons (Fsp3) is 0.333. The molecule has 1 aromatic carbocycles. The Morgan fingerprint density at radius 1 is 1.25 bits per heavy atom. The lowest BCUT2D eigenvalue weighted by Gasteiger charge is -2.02. The maximum atomic E-state index is 5.62. The Bertz CT molecular complexity index is 233. The van der Waals surface area contributed by atoms with Crippen molar-refractivity contribution >= 4 is 11.4 Å². The summed E-state index contributed by atoms with van der Waals surface area (Å²) in [6, 6.07) is 5.89. The number of nitrogen functional groups attached to an aromatic ring is 1. The molecule has 68 valence electrons. The standard InChI is InChI=1S/C8H12N2.CH5N/c1-6-5-7(10-2)3-4-8(6)9;1-2/h3-5,10H,9H2,1-2H3;2H2,1H3. The first-order valence-electron chi connectivity index (χ1n) is 3.85. The van der Waals surface area contributed by atoms with Gasteiger partial charge in [-0.2, -0.15) is 0 Å². The summed E-state index contributed by atoms with van der Waals surface area (Å²) < 4.78 is 0. The second-order valence-electron chi connectivity index (χ2n) is 2.32. The number of hydrogen-bond donors (Lipinski definition) is 3. The van der Waals surface area contributed by atoms with Gasteiger partial charge in [-0.15, -0.1) is 0 Å². The predicted molar refractivity (Wildman–Crippen MR) is 55.2 cm³/mol. The van der Waals surface area contributed by atoms with Crippen molar-refractivity contribution < 1.29 is 0 Å². The average Bonchev–Trinajstić information content (AvgIpc) is 2.13. The highest BCUT2D eigenvalue weighted by Crippen LogP contribution is 2.15. The molecule has 5 N–H and O–H groups in total. The fourth-order valence-electron chi connectivity index (χ4n) is 0.831. The lowest BCUT2D eigenvalue weighted by molar-refractivity contribution is 1.43. The largest absolute Gasteiger partial charge is 0.399 e. The van der Waals surface area contributed by atoms with Gasteiger partial charge < -0.3 is 16.8 Å². The monoisotopic (exact) mass is 167 g/mol. The van der Waals surface area contributed by atoms with Crippen molar-refractivity contribution in [2.45, 2.75) is 6.92 Å². The summed E-state index contributed by atoms with van der Waals surface area (Å²) in [6.45, 7) is 2.00. The van der Waals surface area contributed by atoms with Gasteiger partial charge in [0.1, 0.15) is 0 Å². The highest BCUT2D eigenvalue weighted by Gasteiger charge is 1.92. The molecule has 0 saturated carbocycles. The average molecular weight is 167 g/mol. The fourth-order valence-corrected chi connectivity index (χ4v) is 0.831. The molecule has 0 spiro atoms. The van der Waals surface area contributed by atoms with Gasteiger partial charge in [-0.25, -0.2) is 0 Å². The third-order valence-corrected chi connectivity index (χ3v) is 1.56. The summed E-state index contributed by atoms with van der Waals surface area (Å²) in [5.41, 5.74) is 13.2. The molecule has 0 aliphatic heterocycles. The first-order valence-corrected chi connectivity index (χ1v) is 3.85. The van der Waals surface area contributed by atoms with Crippen LogP contribution in [0.15, 0.2) is 18.2 Å². The second-order valence-corrected chi connectivity index (χ2v) is 2.32. The van der Waals surface area contributed by atoms with Crippen LogP contribution in [0.25, 0.3) is 0 Å². The van der Waals surface area contributed by atoms with Gasteiger partial charge >= 0.3 is 0 Å². The quantitative estimate of drug-likeness (QED) is 0.550. The van der Waals surface area contributed by atoms with Crippen molar-refractivity contribution in [2.75, 3.05) is 25.1 Å². The van der Waals surface area contributed by atoms with Gasteiger partial charge in [0.25, 0.3) is 0 Å². The van der Waals surface area contributed by atoms with Crippen LogP contribution >= 0.6 is 0 Å². The zero-order valence-corrected chi connectivity index (χ0v) is 7.89. The van der Waals surface area contributed by atoms with E-state index in [-0.39, 0.29) is 0 Å². The van der Waals surface area contributed by atoms with Crippen LogP contribution in [0.1, 0.15) is 5.56 Å². The van der Waals surface area contributed by atoms with Crippen LogP contribution in [0.4, 0.5) is 11.4 Å². The molecule has 3 nitrogen and oxygen atoms in total. The third kappa shape index (κ3) is 2.80. The molecular weight excluding hydrogens is 150 g/mol. The smallest absolute Gasteiger partial charge is 0.0345 e. The van der Waals surface area contributed by atoms with E-state index in [2.05, 4.69) is 11.1 Å². The van der Waals surface area contributed by atoms with E-state index in [9.17, 15) is 0 Å². The Balaban J connectivity index is 0.000000561. The lowest BCUT2D eigenvalue weighted by Crippen LogP contribution is -1.92. The number of hydrogen-bond acceptors (Lipinski definition) is 3. The molecule has 3 heteroatoms. The molecular formula is C9H17N3. The molecule has 0 fully saturated rings. The molecule has 0 unspecified atom stereocenters. The van der Waals surface area contributed by atoms with Gasteiger partial charge in [0.15, 0.2) is 0 Å². The van der Waals surface area contributed by atoms with Crippen LogP contribution in [0.2, 0.25) is 0 Å². The number of nitrogens with two attached hydrogens (primary N) is 2. The number of aryl methyl sites for hydroxylation is 1. The van der Waals surface area contributed by atoms with Crippen molar-refractivity contribution in [3.63, 3.8) is 0 Å². The SMILES string of the molecule is CN.CNc1ccc(N)c(C)c1. The van der Waals surface area contributed by atoms with Gasteiger partial charge in [0, 0.05) is 18.4 Å². The summed E-state index contributed by atoms with van der Waals surface area (Å²) in [5, 5.41) is 3.04. The molecule has 0 aliphatic rings. The molecule has 0 radical (unpaired) electrons. The lowest BCUT2D eigenvalue weighted by atomic mass is 10.2. The van der Waals surface area contributed by atoms with E-state index >= 15 is 0 Å². The number of anilines is 2. The highest BCUT2D eigenvalue weighted by atomic mass is 14.8. The van der Waals surface area contributed by atoms with Crippen LogP contribution < -0.4 is 16.8 Å². The Morgan fingerprint density at radius 3 is 2.25 bits per heavy atom. The van der Waals surface area contributed by atoms with Gasteiger partial charge in [-0.05, 0) is 37.7 Å². The Morgan fingerprint density at radius 2 is 1.83 bits per heavy atom. The summed E-state index contributed by atoms with van der Waals surface area (Å²) in [7, 11) is 3.39. The minimum atomic E-state index is 0.846. The summed E-state index contributed by atoms with van der Waals surface area (Å²) >= 11 is 0. The first kappa shape index (κ1) is 10.8. The van der Waals surface area contributed by atoms with Gasteiger partial charge in [0.2, 0.25) is 0 Å². The van der Waals surface area contributed by atoms with Crippen LogP contribution in [0.3, 0.4) is 0 Å². The van der Waals surface area contributed by atoms with E-state index in [4.69, 9.17) is 5.73 Å². The van der Waals surface area contributed by atoms with E-state index in [1.807, 2.05) is 32.2 Å². The highest BCUT2D eigenvalue weighted by molar-refractivity contribution is 5.56. The van der Waals surface area contributed by atoms with Crippen molar-refractivity contribution in [3.8, 4) is 0 Å². The van der Waals surface area contributed by atoms with Crippen LogP contribution in [0.5, 0.6) is 0 Å². The molecule has 0 aliphatic carbocycles. The van der Waals surface area contributed by atoms with E-state index in [1.54, 1.807) is 0 Å². The maximum absolute atomic E-state index is 5.62. The van der Waals surface area contributed by atoms with E-state index in [0.717, 1.165) is 16.9 Å². The van der Waals surface area contributed by atoms with E-state index < -0.39 is 0 Å². The normalized spacial score (nSPS) is 8.33. The zero-order chi connectivity index (χ0) is 9.56. The van der Waals surface area contributed by atoms with Crippen LogP contribution in [-0.2, 0) is 0 Å². The van der Waals surface area contributed by atoms with Crippen molar-refractivity contribution in [1.29, 1.82) is 0 Å². The number of benzene rings is 1. The van der Waals surface area contributed by atoms with Crippen LogP contribution in [-0.4, -0.2) is 14.1 Å². The summed E-state index contributed by atoms with van der Waals surface area (Å²) in [6.07, 6.45) is 0. The summed E-state index contributed by atoms with van der Waals surface area (Å²) in [5.74, 6) is 0. The van der Waals surface area contributed by atoms with E-state index in [1.165, 1.54) is 7.05 Å². The molecule has 0 bridgehead atoms. The topological polar surface area (TPSA) is 64.1 Å².